The molecule has 0 bridgehead atoms. The Kier molecular flexibility index (Phi) is 8.35. The minimum Gasteiger partial charge on any atom is -0.339 e. The molecule has 33 heavy (non-hydrogen) atoms. The lowest BCUT2D eigenvalue weighted by molar-refractivity contribution is -0.127. The molecule has 1 saturated heterocycles. The molecular formula is C26H26ClN3O3. The molecule has 7 heteroatoms. The predicted octanol–water partition coefficient (Wildman–Crippen LogP) is 4.59. The number of carbonyl (C=O) groups is 2. The van der Waals surface area contributed by atoms with E-state index in [0.29, 0.717) is 23.9 Å². The Morgan fingerprint density at radius 3 is 2.45 bits per heavy atom. The number of nitrogens with one attached hydrogen (secondary N) is 1. The number of benzene rings is 2. The topological polar surface area (TPSA) is 82.5 Å². The highest BCUT2D eigenvalue weighted by atomic mass is 35.5. The number of hydroxylamine groups is 1. The smallest absolute Gasteiger partial charge is 0.267 e. The van der Waals surface area contributed by atoms with Crippen molar-refractivity contribution in [3.63, 3.8) is 0 Å². The van der Waals surface area contributed by atoms with Crippen molar-refractivity contribution in [3.05, 3.63) is 89.8 Å². The van der Waals surface area contributed by atoms with Gasteiger partial charge in [-0.2, -0.15) is 0 Å². The number of amides is 2. The van der Waals surface area contributed by atoms with E-state index in [9.17, 15) is 9.59 Å². The van der Waals surface area contributed by atoms with E-state index in [0.717, 1.165) is 19.4 Å². The summed E-state index contributed by atoms with van der Waals surface area (Å²) in [5.41, 5.74) is 4.01. The van der Waals surface area contributed by atoms with Crippen molar-refractivity contribution in [2.45, 2.75) is 18.8 Å². The lowest BCUT2D eigenvalue weighted by Gasteiger charge is -2.33. The van der Waals surface area contributed by atoms with E-state index in [2.05, 4.69) is 41.4 Å². The van der Waals surface area contributed by atoms with Crippen LogP contribution in [0.5, 0.6) is 0 Å². The molecule has 1 atom stereocenters. The van der Waals surface area contributed by atoms with E-state index in [4.69, 9.17) is 5.21 Å². The first kappa shape index (κ1) is 24.2. The van der Waals surface area contributed by atoms with Gasteiger partial charge in [0, 0.05) is 31.2 Å². The Morgan fingerprint density at radius 2 is 1.67 bits per heavy atom. The molecule has 1 unspecified atom stereocenters. The second-order valence-electron chi connectivity index (χ2n) is 7.82. The van der Waals surface area contributed by atoms with Crippen LogP contribution in [0.1, 0.15) is 35.7 Å². The van der Waals surface area contributed by atoms with Crippen molar-refractivity contribution in [2.24, 2.45) is 0 Å². The largest absolute Gasteiger partial charge is 0.339 e. The number of fused-ring (bicyclic) bond motifs is 1. The van der Waals surface area contributed by atoms with E-state index in [1.807, 2.05) is 11.0 Å². The van der Waals surface area contributed by atoms with E-state index in [1.54, 1.807) is 30.4 Å². The summed E-state index contributed by atoms with van der Waals surface area (Å²) in [5, 5.41) is 11.0. The van der Waals surface area contributed by atoms with Crippen LogP contribution >= 0.6 is 12.4 Å². The summed E-state index contributed by atoms with van der Waals surface area (Å²) in [4.78, 5) is 30.3. The van der Waals surface area contributed by atoms with Gasteiger partial charge in [-0.3, -0.25) is 14.8 Å². The maximum Gasteiger partial charge on any atom is 0.267 e. The Bertz CT molecular complexity index is 1190. The summed E-state index contributed by atoms with van der Waals surface area (Å²) < 4.78 is 0. The summed E-state index contributed by atoms with van der Waals surface area (Å²) in [7, 11) is 0. The van der Waals surface area contributed by atoms with Crippen LogP contribution in [0.25, 0.3) is 22.9 Å². The lowest BCUT2D eigenvalue weighted by atomic mass is 9.87. The predicted molar refractivity (Wildman–Crippen MR) is 132 cm³/mol. The summed E-state index contributed by atoms with van der Waals surface area (Å²) in [6.07, 6.45) is 7.96. The molecule has 1 aromatic heterocycles. The van der Waals surface area contributed by atoms with Crippen LogP contribution in [0.3, 0.4) is 0 Å². The minimum absolute atomic E-state index is 0. The zero-order valence-corrected chi connectivity index (χ0v) is 18.9. The zero-order valence-electron chi connectivity index (χ0n) is 18.1. The monoisotopic (exact) mass is 463 g/mol. The van der Waals surface area contributed by atoms with Crippen molar-refractivity contribution in [1.29, 1.82) is 0 Å². The Morgan fingerprint density at radius 1 is 0.970 bits per heavy atom. The molecule has 0 spiro atoms. The molecule has 3 aromatic rings. The molecule has 0 radical (unpaired) electrons. The average molecular weight is 464 g/mol. The number of hydrogen-bond donors (Lipinski definition) is 2. The normalized spacial score (nSPS) is 16.2. The van der Waals surface area contributed by atoms with E-state index >= 15 is 0 Å². The number of nitrogens with zero attached hydrogens (tertiary/aromatic N) is 2. The third kappa shape index (κ3) is 6.06. The maximum atomic E-state index is 12.9. The van der Waals surface area contributed by atoms with Gasteiger partial charge in [0.2, 0.25) is 5.91 Å². The fourth-order valence-corrected chi connectivity index (χ4v) is 4.15. The van der Waals surface area contributed by atoms with Gasteiger partial charge in [0.25, 0.3) is 5.91 Å². The quantitative estimate of drug-likeness (QED) is 0.329. The number of aromatic nitrogens is 1. The highest BCUT2D eigenvalue weighted by Crippen LogP contribution is 2.32. The number of hydrogen-bond acceptors (Lipinski definition) is 4. The first-order valence-electron chi connectivity index (χ1n) is 10.7. The fourth-order valence-electron chi connectivity index (χ4n) is 4.15. The van der Waals surface area contributed by atoms with Crippen molar-refractivity contribution in [1.82, 2.24) is 15.4 Å². The van der Waals surface area contributed by atoms with Gasteiger partial charge in [-0.25, -0.2) is 10.5 Å². The lowest BCUT2D eigenvalue weighted by Crippen LogP contribution is -2.38. The number of pyridine rings is 1. The van der Waals surface area contributed by atoms with Gasteiger partial charge in [-0.1, -0.05) is 48.5 Å². The van der Waals surface area contributed by atoms with Crippen LogP contribution in [0, 0.1) is 0 Å². The molecule has 2 N–H and O–H groups in total. The third-order valence-corrected chi connectivity index (χ3v) is 5.70. The summed E-state index contributed by atoms with van der Waals surface area (Å²) in [5.74, 6) is -0.345. The minimum atomic E-state index is -0.631. The van der Waals surface area contributed by atoms with Gasteiger partial charge in [-0.15, -0.1) is 12.4 Å². The van der Waals surface area contributed by atoms with E-state index < -0.39 is 5.91 Å². The summed E-state index contributed by atoms with van der Waals surface area (Å²) >= 11 is 0. The number of piperidine rings is 1. The molecular weight excluding hydrogens is 438 g/mol. The van der Waals surface area contributed by atoms with Crippen molar-refractivity contribution in [3.8, 4) is 0 Å². The second kappa shape index (κ2) is 11.4. The van der Waals surface area contributed by atoms with Crippen LogP contribution < -0.4 is 5.48 Å². The van der Waals surface area contributed by atoms with Crippen LogP contribution in [-0.4, -0.2) is 40.0 Å². The van der Waals surface area contributed by atoms with E-state index in [1.165, 1.54) is 34.0 Å². The van der Waals surface area contributed by atoms with Gasteiger partial charge < -0.3 is 4.90 Å². The Balaban J connectivity index is 0.00000306. The van der Waals surface area contributed by atoms with Crippen molar-refractivity contribution < 1.29 is 14.8 Å². The number of halogens is 1. The molecule has 1 aliphatic rings. The van der Waals surface area contributed by atoms with Crippen molar-refractivity contribution >= 4 is 47.1 Å². The summed E-state index contributed by atoms with van der Waals surface area (Å²) in [6.45, 7) is 1.45. The Labute approximate surface area is 199 Å². The van der Waals surface area contributed by atoms with Crippen LogP contribution in [0.4, 0.5) is 0 Å². The average Bonchev–Trinajstić information content (AvgIpc) is 2.85. The second-order valence-corrected chi connectivity index (χ2v) is 7.82. The molecule has 2 amide bonds. The van der Waals surface area contributed by atoms with Crippen LogP contribution in [0.15, 0.2) is 72.8 Å². The maximum absolute atomic E-state index is 12.9. The summed E-state index contributed by atoms with van der Waals surface area (Å²) in [6, 6.07) is 20.1. The van der Waals surface area contributed by atoms with Crippen molar-refractivity contribution in [2.75, 3.05) is 13.1 Å². The molecule has 6 nitrogen and oxygen atoms in total. The Hall–Kier alpha value is -3.48. The van der Waals surface area contributed by atoms with Gasteiger partial charge in [0.05, 0.1) is 11.4 Å². The zero-order chi connectivity index (χ0) is 22.3. The third-order valence-electron chi connectivity index (χ3n) is 5.70. The first-order valence-corrected chi connectivity index (χ1v) is 10.7. The van der Waals surface area contributed by atoms with Gasteiger partial charge in [0.1, 0.15) is 0 Å². The molecule has 4 rings (SSSR count). The molecule has 0 saturated carbocycles. The SMILES string of the molecule is Cl.O=C(/C=C/c1cccc(/C=C/C(=O)N2CCCC(c3cccc4ccccc34)C2)n1)NO. The number of carbonyl (C=O) groups excluding carboxylic acids is 2. The van der Waals surface area contributed by atoms with Gasteiger partial charge in [-0.05, 0) is 53.5 Å². The molecule has 2 aromatic carbocycles. The number of rotatable bonds is 5. The van der Waals surface area contributed by atoms with Gasteiger partial charge in [0.15, 0.2) is 0 Å². The van der Waals surface area contributed by atoms with Crippen LogP contribution in [0.2, 0.25) is 0 Å². The standard InChI is InChI=1S/C26H25N3O3.ClH/c30-25(28-32)15-13-21-9-4-10-22(27-21)14-16-26(31)29-17-5-8-20(18-29)24-12-3-7-19-6-1-2-11-23(19)24;/h1-4,6-7,9-16,20,32H,5,8,17-18H2,(H,28,30);1H/b15-13+,16-14+;. The van der Waals surface area contributed by atoms with Gasteiger partial charge >= 0.3 is 0 Å². The molecule has 1 fully saturated rings. The first-order chi connectivity index (χ1) is 15.6. The van der Waals surface area contributed by atoms with Crippen LogP contribution in [-0.2, 0) is 9.59 Å². The fraction of sp³-hybridized carbons (Fsp3) is 0.192. The molecule has 2 heterocycles. The molecule has 0 aliphatic carbocycles. The molecule has 1 aliphatic heterocycles. The number of likely N-dealkylation sites (tertiary alicyclic amines) is 1. The highest BCUT2D eigenvalue weighted by molar-refractivity contribution is 5.92. The van der Waals surface area contributed by atoms with E-state index in [-0.39, 0.29) is 18.3 Å². The molecule has 170 valence electrons. The highest BCUT2D eigenvalue weighted by Gasteiger charge is 2.24.